The zero-order chi connectivity index (χ0) is 22.4. The van der Waals surface area contributed by atoms with Crippen LogP contribution in [0.1, 0.15) is 28.0 Å². The Labute approximate surface area is 182 Å². The Balaban J connectivity index is 2.11. The summed E-state index contributed by atoms with van der Waals surface area (Å²) < 4.78 is 43.0. The summed E-state index contributed by atoms with van der Waals surface area (Å²) >= 11 is 17.5. The molecule has 30 heavy (non-hydrogen) atoms. The van der Waals surface area contributed by atoms with Crippen LogP contribution in [0.2, 0.25) is 15.1 Å². The highest BCUT2D eigenvalue weighted by atomic mass is 35.5. The predicted octanol–water partition coefficient (Wildman–Crippen LogP) is 5.81. The van der Waals surface area contributed by atoms with E-state index in [1.165, 1.54) is 34.9 Å². The van der Waals surface area contributed by atoms with Crippen LogP contribution in [0, 0.1) is 5.41 Å². The highest BCUT2D eigenvalue weighted by Crippen LogP contribution is 2.45. The quantitative estimate of drug-likeness (QED) is 0.319. The first kappa shape index (κ1) is 22.4. The molecule has 3 rings (SSSR count). The smallest absolute Gasteiger partial charge is 0.421 e. The number of rotatable bonds is 5. The van der Waals surface area contributed by atoms with Gasteiger partial charge in [-0.15, -0.1) is 0 Å². The fourth-order valence-corrected chi connectivity index (χ4v) is 3.67. The fraction of sp³-hybridized carbons (Fsp3) is 0.158. The van der Waals surface area contributed by atoms with E-state index in [9.17, 15) is 28.2 Å². The predicted molar refractivity (Wildman–Crippen MR) is 107 cm³/mol. The standard InChI is InChI=1S/C19H12Cl3F3N2O3/c20-11-6-9(7-12(21)16(11)22)18(30,19(23,24)25)8-13(26)15-4-3-10(17(28)29)14-2-1-5-27(14)15/h1-7,26,30H,8H2,(H,28,29). The number of hydrogen-bond donors (Lipinski definition) is 3. The average molecular weight is 480 g/mol. The van der Waals surface area contributed by atoms with Crippen molar-refractivity contribution in [3.63, 3.8) is 0 Å². The van der Waals surface area contributed by atoms with E-state index in [2.05, 4.69) is 0 Å². The zero-order valence-electron chi connectivity index (χ0n) is 14.8. The van der Waals surface area contributed by atoms with Crippen LogP contribution in [-0.2, 0) is 5.60 Å². The summed E-state index contributed by atoms with van der Waals surface area (Å²) in [5.74, 6) is -1.23. The Morgan fingerprint density at radius 3 is 2.23 bits per heavy atom. The van der Waals surface area contributed by atoms with Gasteiger partial charge in [-0.25, -0.2) is 4.79 Å². The summed E-state index contributed by atoms with van der Waals surface area (Å²) in [6, 6.07) is 7.02. The van der Waals surface area contributed by atoms with Crippen LogP contribution in [0.4, 0.5) is 13.2 Å². The van der Waals surface area contributed by atoms with Crippen molar-refractivity contribution in [3.05, 3.63) is 74.5 Å². The van der Waals surface area contributed by atoms with Gasteiger partial charge in [0.05, 0.1) is 37.6 Å². The van der Waals surface area contributed by atoms with Crippen molar-refractivity contribution in [1.29, 1.82) is 5.41 Å². The molecule has 158 valence electrons. The number of aromatic carboxylic acids is 1. The molecule has 0 aliphatic carbocycles. The Hall–Kier alpha value is -2.26. The van der Waals surface area contributed by atoms with Crippen molar-refractivity contribution < 1.29 is 28.2 Å². The van der Waals surface area contributed by atoms with Crippen LogP contribution in [-0.4, -0.2) is 32.5 Å². The molecule has 3 aromatic rings. The van der Waals surface area contributed by atoms with Gasteiger partial charge in [0.1, 0.15) is 0 Å². The third-order valence-corrected chi connectivity index (χ3v) is 5.79. The van der Waals surface area contributed by atoms with Crippen LogP contribution in [0.15, 0.2) is 42.6 Å². The molecule has 0 aliphatic heterocycles. The number of carboxylic acids is 1. The molecule has 1 atom stereocenters. The number of carboxylic acid groups (broad SMARTS) is 1. The number of nitrogens with zero attached hydrogens (tertiary/aromatic N) is 1. The molecular formula is C19H12Cl3F3N2O3. The van der Waals surface area contributed by atoms with E-state index >= 15 is 0 Å². The molecule has 11 heteroatoms. The van der Waals surface area contributed by atoms with Crippen LogP contribution < -0.4 is 0 Å². The number of benzene rings is 1. The first-order valence-corrected chi connectivity index (χ1v) is 9.35. The second-order valence-electron chi connectivity index (χ2n) is 6.47. The van der Waals surface area contributed by atoms with E-state index in [1.54, 1.807) is 0 Å². The summed E-state index contributed by atoms with van der Waals surface area (Å²) in [5, 5.41) is 27.4. The third-order valence-electron chi connectivity index (χ3n) is 4.59. The topological polar surface area (TPSA) is 85.8 Å². The first-order chi connectivity index (χ1) is 13.9. The maximum absolute atomic E-state index is 13.9. The van der Waals surface area contributed by atoms with Gasteiger partial charge in [-0.1, -0.05) is 34.8 Å². The van der Waals surface area contributed by atoms with Gasteiger partial charge in [0.2, 0.25) is 0 Å². The Bertz CT molecular complexity index is 1150. The fourth-order valence-electron chi connectivity index (χ4n) is 3.07. The lowest BCUT2D eigenvalue weighted by molar-refractivity contribution is -0.263. The van der Waals surface area contributed by atoms with Crippen LogP contribution in [0.3, 0.4) is 0 Å². The molecule has 0 saturated carbocycles. The number of fused-ring (bicyclic) bond motifs is 1. The Morgan fingerprint density at radius 1 is 1.10 bits per heavy atom. The first-order valence-electron chi connectivity index (χ1n) is 8.22. The summed E-state index contributed by atoms with van der Waals surface area (Å²) in [6.07, 6.45) is -4.95. The largest absolute Gasteiger partial charge is 0.478 e. The number of hydrogen-bond acceptors (Lipinski definition) is 3. The van der Waals surface area contributed by atoms with Gasteiger partial charge in [-0.3, -0.25) is 0 Å². The van der Waals surface area contributed by atoms with Crippen LogP contribution in [0.5, 0.6) is 0 Å². The normalized spacial score (nSPS) is 14.0. The molecule has 0 amide bonds. The Morgan fingerprint density at radius 2 is 1.70 bits per heavy atom. The molecule has 3 N–H and O–H groups in total. The SMILES string of the molecule is N=C(CC(O)(c1cc(Cl)c(Cl)c(Cl)c1)C(F)(F)F)c1ccc(C(=O)O)c2cccn12. The average Bonchev–Trinajstić information content (AvgIpc) is 3.13. The lowest BCUT2D eigenvalue weighted by atomic mass is 9.86. The molecule has 0 saturated heterocycles. The maximum Gasteiger partial charge on any atom is 0.421 e. The van der Waals surface area contributed by atoms with Crippen molar-refractivity contribution in [1.82, 2.24) is 4.40 Å². The molecule has 0 bridgehead atoms. The van der Waals surface area contributed by atoms with Crippen molar-refractivity contribution in [2.75, 3.05) is 0 Å². The lowest BCUT2D eigenvalue weighted by Crippen LogP contribution is -2.44. The van der Waals surface area contributed by atoms with E-state index in [4.69, 9.17) is 40.2 Å². The lowest BCUT2D eigenvalue weighted by Gasteiger charge is -2.32. The van der Waals surface area contributed by atoms with Crippen molar-refractivity contribution in [2.45, 2.75) is 18.2 Å². The number of nitrogens with one attached hydrogen (secondary N) is 1. The zero-order valence-corrected chi connectivity index (χ0v) is 17.0. The molecule has 5 nitrogen and oxygen atoms in total. The van der Waals surface area contributed by atoms with Gasteiger partial charge in [-0.2, -0.15) is 13.2 Å². The highest BCUT2D eigenvalue weighted by Gasteiger charge is 2.55. The Kier molecular flexibility index (Phi) is 5.81. The minimum Gasteiger partial charge on any atom is -0.478 e. The second-order valence-corrected chi connectivity index (χ2v) is 7.66. The van der Waals surface area contributed by atoms with Crippen molar-refractivity contribution >= 4 is 52.0 Å². The molecule has 1 unspecified atom stereocenters. The molecule has 1 aromatic carbocycles. The van der Waals surface area contributed by atoms with Gasteiger partial charge in [0.25, 0.3) is 0 Å². The van der Waals surface area contributed by atoms with E-state index in [0.717, 1.165) is 12.1 Å². The number of halogens is 6. The molecule has 0 spiro atoms. The van der Waals surface area contributed by atoms with E-state index in [-0.39, 0.29) is 31.8 Å². The minimum absolute atomic E-state index is 0.0196. The number of pyridine rings is 1. The van der Waals surface area contributed by atoms with Crippen LogP contribution in [0.25, 0.3) is 5.52 Å². The molecule has 0 aliphatic rings. The molecular weight excluding hydrogens is 468 g/mol. The third kappa shape index (κ3) is 3.76. The highest BCUT2D eigenvalue weighted by molar-refractivity contribution is 6.48. The summed E-state index contributed by atoms with van der Waals surface area (Å²) in [6.45, 7) is 0. The number of aromatic nitrogens is 1. The van der Waals surface area contributed by atoms with Gasteiger partial charge in [0.15, 0.2) is 5.60 Å². The maximum atomic E-state index is 13.9. The van der Waals surface area contributed by atoms with Gasteiger partial charge in [-0.05, 0) is 42.0 Å². The second kappa shape index (κ2) is 7.77. The monoisotopic (exact) mass is 478 g/mol. The minimum atomic E-state index is -5.18. The summed E-state index contributed by atoms with van der Waals surface area (Å²) in [4.78, 5) is 11.3. The van der Waals surface area contributed by atoms with Gasteiger partial charge in [0, 0.05) is 12.6 Å². The molecule has 2 heterocycles. The molecule has 0 radical (unpaired) electrons. The van der Waals surface area contributed by atoms with Gasteiger partial charge >= 0.3 is 12.1 Å². The van der Waals surface area contributed by atoms with Crippen LogP contribution >= 0.6 is 34.8 Å². The summed E-state index contributed by atoms with van der Waals surface area (Å²) in [7, 11) is 0. The van der Waals surface area contributed by atoms with Crippen molar-refractivity contribution in [2.24, 2.45) is 0 Å². The van der Waals surface area contributed by atoms with Gasteiger partial charge < -0.3 is 20.0 Å². The number of aliphatic hydroxyl groups is 1. The van der Waals surface area contributed by atoms with E-state index < -0.39 is 35.4 Å². The molecule has 0 fully saturated rings. The van der Waals surface area contributed by atoms with E-state index in [1.807, 2.05) is 0 Å². The number of alkyl halides is 3. The number of carbonyl (C=O) groups is 1. The summed E-state index contributed by atoms with van der Waals surface area (Å²) in [5.41, 5.74) is -4.67. The van der Waals surface area contributed by atoms with E-state index in [0.29, 0.717) is 0 Å². The molecule has 2 aromatic heterocycles. The van der Waals surface area contributed by atoms with Crippen molar-refractivity contribution in [3.8, 4) is 0 Å².